The third-order valence-corrected chi connectivity index (χ3v) is 2.14. The highest BCUT2D eigenvalue weighted by atomic mass is 16.5. The van der Waals surface area contributed by atoms with Gasteiger partial charge in [0.25, 0.3) is 0 Å². The fraction of sp³-hybridized carbons (Fsp3) is 0.462. The Labute approximate surface area is 91.3 Å². The van der Waals surface area contributed by atoms with Crippen molar-refractivity contribution in [3.05, 3.63) is 35.9 Å². The Morgan fingerprint density at radius 2 is 1.93 bits per heavy atom. The Bertz CT molecular complexity index is 280. The Kier molecular flexibility index (Phi) is 5.71. The van der Waals surface area contributed by atoms with Crippen LogP contribution in [-0.2, 0) is 4.74 Å². The number of carbonyl (C=O) groups is 1. The van der Waals surface area contributed by atoms with Crippen molar-refractivity contribution in [1.82, 2.24) is 0 Å². The number of carbonyl (C=O) groups excluding carboxylic acids is 1. The van der Waals surface area contributed by atoms with E-state index in [9.17, 15) is 4.79 Å². The Balaban J connectivity index is 2.20. The molecular formula is C13H18O2. The molecule has 0 aliphatic heterocycles. The zero-order chi connectivity index (χ0) is 10.9. The lowest BCUT2D eigenvalue weighted by Crippen LogP contribution is -2.02. The van der Waals surface area contributed by atoms with Crippen LogP contribution in [0.5, 0.6) is 0 Å². The number of benzene rings is 1. The van der Waals surface area contributed by atoms with Crippen LogP contribution < -0.4 is 0 Å². The number of ether oxygens (including phenoxy) is 1. The number of Topliss-reactive ketones (excluding diaryl/α,β-unsaturated/α-hetero) is 1. The second kappa shape index (κ2) is 7.18. The third kappa shape index (κ3) is 4.75. The molecule has 1 aromatic carbocycles. The second-order valence-electron chi connectivity index (χ2n) is 3.51. The largest absolute Gasteiger partial charge is 0.381 e. The van der Waals surface area contributed by atoms with E-state index in [0.29, 0.717) is 13.0 Å². The van der Waals surface area contributed by atoms with E-state index in [1.807, 2.05) is 30.3 Å². The van der Waals surface area contributed by atoms with Crippen molar-refractivity contribution >= 4 is 5.78 Å². The highest BCUT2D eigenvalue weighted by Gasteiger charge is 2.03. The Morgan fingerprint density at radius 3 is 2.60 bits per heavy atom. The Hall–Kier alpha value is -1.15. The molecule has 0 unspecified atom stereocenters. The summed E-state index contributed by atoms with van der Waals surface area (Å²) in [6, 6.07) is 9.41. The van der Waals surface area contributed by atoms with Crippen molar-refractivity contribution in [3.8, 4) is 0 Å². The van der Waals surface area contributed by atoms with Gasteiger partial charge in [0.05, 0.1) is 0 Å². The van der Waals surface area contributed by atoms with Gasteiger partial charge in [-0.1, -0.05) is 37.3 Å². The molecule has 0 aliphatic rings. The van der Waals surface area contributed by atoms with Crippen LogP contribution in [0.4, 0.5) is 0 Å². The predicted octanol–water partition coefficient (Wildman–Crippen LogP) is 3.08. The molecule has 1 aromatic rings. The molecule has 0 aliphatic carbocycles. The molecule has 0 spiro atoms. The van der Waals surface area contributed by atoms with E-state index in [-0.39, 0.29) is 5.78 Å². The summed E-state index contributed by atoms with van der Waals surface area (Å²) in [6.07, 6.45) is 2.42. The average molecular weight is 206 g/mol. The molecule has 0 fully saturated rings. The van der Waals surface area contributed by atoms with Gasteiger partial charge in [0.2, 0.25) is 0 Å². The van der Waals surface area contributed by atoms with Crippen LogP contribution in [0.3, 0.4) is 0 Å². The lowest BCUT2D eigenvalue weighted by atomic mass is 10.1. The molecule has 0 radical (unpaired) electrons. The molecule has 82 valence electrons. The van der Waals surface area contributed by atoms with E-state index in [2.05, 4.69) is 6.92 Å². The topological polar surface area (TPSA) is 26.3 Å². The van der Waals surface area contributed by atoms with Gasteiger partial charge in [-0.15, -0.1) is 0 Å². The smallest absolute Gasteiger partial charge is 0.162 e. The van der Waals surface area contributed by atoms with Gasteiger partial charge in [0.1, 0.15) is 0 Å². The first-order valence-corrected chi connectivity index (χ1v) is 5.50. The van der Waals surface area contributed by atoms with Gasteiger partial charge >= 0.3 is 0 Å². The summed E-state index contributed by atoms with van der Waals surface area (Å²) in [5.74, 6) is 0.204. The first-order chi connectivity index (χ1) is 7.34. The van der Waals surface area contributed by atoms with Crippen LogP contribution in [0.2, 0.25) is 0 Å². The number of ketones is 1. The van der Waals surface area contributed by atoms with Crippen molar-refractivity contribution in [3.63, 3.8) is 0 Å². The first kappa shape index (κ1) is 11.9. The van der Waals surface area contributed by atoms with Crippen molar-refractivity contribution in [1.29, 1.82) is 0 Å². The summed E-state index contributed by atoms with van der Waals surface area (Å²) >= 11 is 0. The minimum Gasteiger partial charge on any atom is -0.381 e. The summed E-state index contributed by atoms with van der Waals surface area (Å²) in [6.45, 7) is 3.56. The fourth-order valence-corrected chi connectivity index (χ4v) is 1.35. The average Bonchev–Trinajstić information content (AvgIpc) is 2.30. The highest BCUT2D eigenvalue weighted by Crippen LogP contribution is 2.04. The number of hydrogen-bond donors (Lipinski definition) is 0. The van der Waals surface area contributed by atoms with Gasteiger partial charge < -0.3 is 4.74 Å². The van der Waals surface area contributed by atoms with Gasteiger partial charge in [-0.05, 0) is 12.8 Å². The van der Waals surface area contributed by atoms with Gasteiger partial charge in [-0.2, -0.15) is 0 Å². The molecule has 0 heterocycles. The summed E-state index contributed by atoms with van der Waals surface area (Å²) in [4.78, 5) is 11.6. The molecule has 1 rings (SSSR count). The van der Waals surface area contributed by atoms with Gasteiger partial charge in [-0.3, -0.25) is 4.79 Å². The zero-order valence-corrected chi connectivity index (χ0v) is 9.24. The van der Waals surface area contributed by atoms with Crippen molar-refractivity contribution in [2.45, 2.75) is 26.2 Å². The maximum atomic E-state index is 11.6. The summed E-state index contributed by atoms with van der Waals surface area (Å²) in [7, 11) is 0. The van der Waals surface area contributed by atoms with Crippen molar-refractivity contribution in [2.24, 2.45) is 0 Å². The molecule has 0 aromatic heterocycles. The molecule has 0 saturated heterocycles. The molecule has 0 saturated carbocycles. The van der Waals surface area contributed by atoms with E-state index >= 15 is 0 Å². The minimum atomic E-state index is 0.204. The zero-order valence-electron chi connectivity index (χ0n) is 9.24. The number of hydrogen-bond acceptors (Lipinski definition) is 2. The molecule has 15 heavy (non-hydrogen) atoms. The monoisotopic (exact) mass is 206 g/mol. The van der Waals surface area contributed by atoms with Crippen LogP contribution >= 0.6 is 0 Å². The molecular weight excluding hydrogens is 188 g/mol. The minimum absolute atomic E-state index is 0.204. The van der Waals surface area contributed by atoms with Crippen LogP contribution in [-0.4, -0.2) is 19.0 Å². The maximum absolute atomic E-state index is 11.6. The van der Waals surface area contributed by atoms with Gasteiger partial charge in [0.15, 0.2) is 5.78 Å². The van der Waals surface area contributed by atoms with Crippen LogP contribution in [0.1, 0.15) is 36.5 Å². The standard InChI is InChI=1S/C13H18O2/c1-2-10-15-11-6-9-13(14)12-7-4-3-5-8-12/h3-5,7-8H,2,6,9-11H2,1H3. The van der Waals surface area contributed by atoms with Crippen LogP contribution in [0, 0.1) is 0 Å². The van der Waals surface area contributed by atoms with Gasteiger partial charge in [0, 0.05) is 25.2 Å². The maximum Gasteiger partial charge on any atom is 0.162 e. The highest BCUT2D eigenvalue weighted by molar-refractivity contribution is 5.95. The molecule has 2 nitrogen and oxygen atoms in total. The van der Waals surface area contributed by atoms with Crippen LogP contribution in [0.25, 0.3) is 0 Å². The fourth-order valence-electron chi connectivity index (χ4n) is 1.35. The molecule has 0 bridgehead atoms. The predicted molar refractivity (Wildman–Crippen MR) is 61.1 cm³/mol. The third-order valence-electron chi connectivity index (χ3n) is 2.14. The van der Waals surface area contributed by atoms with Gasteiger partial charge in [-0.25, -0.2) is 0 Å². The quantitative estimate of drug-likeness (QED) is 0.506. The summed E-state index contributed by atoms with van der Waals surface area (Å²) < 4.78 is 5.32. The summed E-state index contributed by atoms with van der Waals surface area (Å²) in [5, 5.41) is 0. The molecule has 2 heteroatoms. The van der Waals surface area contributed by atoms with Crippen molar-refractivity contribution in [2.75, 3.05) is 13.2 Å². The molecule has 0 atom stereocenters. The lowest BCUT2D eigenvalue weighted by Gasteiger charge is -2.02. The Morgan fingerprint density at radius 1 is 1.20 bits per heavy atom. The van der Waals surface area contributed by atoms with E-state index in [1.165, 1.54) is 0 Å². The van der Waals surface area contributed by atoms with E-state index < -0.39 is 0 Å². The second-order valence-corrected chi connectivity index (χ2v) is 3.51. The summed E-state index contributed by atoms with van der Waals surface area (Å²) in [5.41, 5.74) is 0.799. The van der Waals surface area contributed by atoms with Crippen LogP contribution in [0.15, 0.2) is 30.3 Å². The molecule has 0 amide bonds. The van der Waals surface area contributed by atoms with Crippen molar-refractivity contribution < 1.29 is 9.53 Å². The van der Waals surface area contributed by atoms with E-state index in [0.717, 1.165) is 25.0 Å². The molecule has 0 N–H and O–H groups in total. The SMILES string of the molecule is CCCOCCCC(=O)c1ccccc1. The van der Waals surface area contributed by atoms with E-state index in [4.69, 9.17) is 4.74 Å². The van der Waals surface area contributed by atoms with E-state index in [1.54, 1.807) is 0 Å². The lowest BCUT2D eigenvalue weighted by molar-refractivity contribution is 0.0938. The first-order valence-electron chi connectivity index (χ1n) is 5.50. The number of rotatable bonds is 7. The normalized spacial score (nSPS) is 10.2.